The summed E-state index contributed by atoms with van der Waals surface area (Å²) >= 11 is 0. The van der Waals surface area contributed by atoms with Gasteiger partial charge in [0.25, 0.3) is 0 Å². The molecule has 0 bridgehead atoms. The molecule has 2 rings (SSSR count). The van der Waals surface area contributed by atoms with Crippen molar-refractivity contribution in [2.24, 2.45) is 13.0 Å². The molecule has 1 aliphatic rings. The Balaban J connectivity index is 1.73. The van der Waals surface area contributed by atoms with Crippen molar-refractivity contribution < 1.29 is 0 Å². The monoisotopic (exact) mass is 236 g/mol. The zero-order valence-corrected chi connectivity index (χ0v) is 11.0. The van der Waals surface area contributed by atoms with Gasteiger partial charge in [-0.2, -0.15) is 5.10 Å². The van der Waals surface area contributed by atoms with Gasteiger partial charge >= 0.3 is 0 Å². The number of aromatic nitrogens is 2. The lowest BCUT2D eigenvalue weighted by Crippen LogP contribution is -2.27. The maximum absolute atomic E-state index is 4.22. The third-order valence-electron chi connectivity index (χ3n) is 3.54. The molecule has 0 saturated carbocycles. The predicted octanol–water partition coefficient (Wildman–Crippen LogP) is 1.24. The van der Waals surface area contributed by atoms with Crippen molar-refractivity contribution in [3.8, 4) is 0 Å². The summed E-state index contributed by atoms with van der Waals surface area (Å²) in [6, 6.07) is 2.11. The Hall–Kier alpha value is -0.870. The summed E-state index contributed by atoms with van der Waals surface area (Å²) in [5.74, 6) is 0.828. The van der Waals surface area contributed by atoms with Crippen LogP contribution in [0, 0.1) is 5.92 Å². The first-order chi connectivity index (χ1) is 8.29. The maximum Gasteiger partial charge on any atom is 0.0521 e. The lowest BCUT2D eigenvalue weighted by molar-refractivity contribution is 0.305. The Kier molecular flexibility index (Phi) is 4.57. The first-order valence-corrected chi connectivity index (χ1v) is 6.69. The SMILES string of the molecule is CCCNCC1CCN(Cc2ccnn2C)C1. The topological polar surface area (TPSA) is 33.1 Å². The summed E-state index contributed by atoms with van der Waals surface area (Å²) in [4.78, 5) is 2.54. The molecule has 0 spiro atoms. The zero-order chi connectivity index (χ0) is 12.1. The number of aryl methyl sites for hydroxylation is 1. The zero-order valence-electron chi connectivity index (χ0n) is 11.0. The third kappa shape index (κ3) is 3.54. The molecular weight excluding hydrogens is 212 g/mol. The van der Waals surface area contributed by atoms with E-state index in [9.17, 15) is 0 Å². The fourth-order valence-corrected chi connectivity index (χ4v) is 2.49. The average molecular weight is 236 g/mol. The molecule has 1 unspecified atom stereocenters. The van der Waals surface area contributed by atoms with Gasteiger partial charge in [0.2, 0.25) is 0 Å². The van der Waals surface area contributed by atoms with Crippen molar-refractivity contribution >= 4 is 0 Å². The van der Waals surface area contributed by atoms with Crippen molar-refractivity contribution in [1.29, 1.82) is 0 Å². The van der Waals surface area contributed by atoms with Gasteiger partial charge in [-0.25, -0.2) is 0 Å². The second-order valence-corrected chi connectivity index (χ2v) is 5.04. The standard InChI is InChI=1S/C13H24N4/c1-3-6-14-9-12-5-8-17(10-12)11-13-4-7-15-16(13)2/h4,7,12,14H,3,5-6,8-11H2,1-2H3. The molecule has 1 saturated heterocycles. The van der Waals surface area contributed by atoms with Gasteiger partial charge in [0.15, 0.2) is 0 Å². The molecular formula is C13H24N4. The van der Waals surface area contributed by atoms with E-state index in [0.29, 0.717) is 0 Å². The number of hydrogen-bond acceptors (Lipinski definition) is 3. The molecule has 0 radical (unpaired) electrons. The van der Waals surface area contributed by atoms with Gasteiger partial charge in [-0.05, 0) is 44.5 Å². The number of rotatable bonds is 6. The van der Waals surface area contributed by atoms with Gasteiger partial charge in [0, 0.05) is 26.3 Å². The normalized spacial score (nSPS) is 21.2. The van der Waals surface area contributed by atoms with Crippen LogP contribution in [0.2, 0.25) is 0 Å². The summed E-state index contributed by atoms with van der Waals surface area (Å²) < 4.78 is 1.97. The summed E-state index contributed by atoms with van der Waals surface area (Å²) in [5.41, 5.74) is 1.31. The molecule has 4 heteroatoms. The molecule has 96 valence electrons. The van der Waals surface area contributed by atoms with Crippen LogP contribution < -0.4 is 5.32 Å². The molecule has 0 aromatic carbocycles. The van der Waals surface area contributed by atoms with Gasteiger partial charge in [-0.15, -0.1) is 0 Å². The quantitative estimate of drug-likeness (QED) is 0.755. The highest BCUT2D eigenvalue weighted by molar-refractivity contribution is 5.00. The molecule has 17 heavy (non-hydrogen) atoms. The molecule has 1 fully saturated rings. The Bertz CT molecular complexity index is 334. The van der Waals surface area contributed by atoms with Gasteiger partial charge in [-0.3, -0.25) is 9.58 Å². The van der Waals surface area contributed by atoms with Crippen LogP contribution in [0.5, 0.6) is 0 Å². The first kappa shape index (κ1) is 12.6. The highest BCUT2D eigenvalue weighted by atomic mass is 15.3. The van der Waals surface area contributed by atoms with E-state index in [1.807, 2.05) is 17.9 Å². The van der Waals surface area contributed by atoms with Crippen molar-refractivity contribution in [1.82, 2.24) is 20.0 Å². The Morgan fingerprint density at radius 2 is 2.41 bits per heavy atom. The summed E-state index contributed by atoms with van der Waals surface area (Å²) in [6.07, 6.45) is 4.44. The smallest absolute Gasteiger partial charge is 0.0521 e. The minimum atomic E-state index is 0.828. The Labute approximate surface area is 104 Å². The van der Waals surface area contributed by atoms with Crippen LogP contribution in [0.15, 0.2) is 12.3 Å². The van der Waals surface area contributed by atoms with E-state index < -0.39 is 0 Å². The second kappa shape index (κ2) is 6.17. The van der Waals surface area contributed by atoms with Crippen LogP contribution in [-0.4, -0.2) is 40.9 Å². The highest BCUT2D eigenvalue weighted by Gasteiger charge is 2.22. The van der Waals surface area contributed by atoms with Crippen molar-refractivity contribution in [3.05, 3.63) is 18.0 Å². The molecule has 1 N–H and O–H groups in total. The van der Waals surface area contributed by atoms with E-state index >= 15 is 0 Å². The molecule has 1 aromatic rings. The van der Waals surface area contributed by atoms with Gasteiger partial charge in [0.1, 0.15) is 0 Å². The van der Waals surface area contributed by atoms with Crippen LogP contribution in [0.4, 0.5) is 0 Å². The molecule has 0 aliphatic carbocycles. The van der Waals surface area contributed by atoms with E-state index in [-0.39, 0.29) is 0 Å². The van der Waals surface area contributed by atoms with Crippen LogP contribution in [0.3, 0.4) is 0 Å². The van der Waals surface area contributed by atoms with E-state index in [1.54, 1.807) is 0 Å². The minimum absolute atomic E-state index is 0.828. The highest BCUT2D eigenvalue weighted by Crippen LogP contribution is 2.17. The van der Waals surface area contributed by atoms with Gasteiger partial charge < -0.3 is 5.32 Å². The average Bonchev–Trinajstić information content (AvgIpc) is 2.91. The molecule has 1 aromatic heterocycles. The second-order valence-electron chi connectivity index (χ2n) is 5.04. The predicted molar refractivity (Wildman–Crippen MR) is 69.8 cm³/mol. The summed E-state index contributed by atoms with van der Waals surface area (Å²) in [7, 11) is 2.02. The largest absolute Gasteiger partial charge is 0.316 e. The maximum atomic E-state index is 4.22. The fraction of sp³-hybridized carbons (Fsp3) is 0.769. The molecule has 0 amide bonds. The third-order valence-corrected chi connectivity index (χ3v) is 3.54. The van der Waals surface area contributed by atoms with Gasteiger partial charge in [0.05, 0.1) is 5.69 Å². The molecule has 2 heterocycles. The van der Waals surface area contributed by atoms with Crippen molar-refractivity contribution in [2.75, 3.05) is 26.2 Å². The van der Waals surface area contributed by atoms with E-state index in [2.05, 4.69) is 28.3 Å². The molecule has 1 atom stereocenters. The summed E-state index contributed by atoms with van der Waals surface area (Å²) in [6.45, 7) is 8.04. The van der Waals surface area contributed by atoms with Crippen molar-refractivity contribution in [3.63, 3.8) is 0 Å². The minimum Gasteiger partial charge on any atom is -0.316 e. The number of hydrogen-bond donors (Lipinski definition) is 1. The van der Waals surface area contributed by atoms with E-state index in [1.165, 1.54) is 38.2 Å². The molecule has 1 aliphatic heterocycles. The van der Waals surface area contributed by atoms with Crippen LogP contribution >= 0.6 is 0 Å². The Morgan fingerprint density at radius 1 is 1.53 bits per heavy atom. The van der Waals surface area contributed by atoms with Crippen molar-refractivity contribution in [2.45, 2.75) is 26.3 Å². The number of nitrogens with one attached hydrogen (secondary N) is 1. The van der Waals surface area contributed by atoms with Crippen LogP contribution in [0.25, 0.3) is 0 Å². The molecule has 4 nitrogen and oxygen atoms in total. The summed E-state index contributed by atoms with van der Waals surface area (Å²) in [5, 5.41) is 7.74. The van der Waals surface area contributed by atoms with Crippen LogP contribution in [-0.2, 0) is 13.6 Å². The lowest BCUT2D eigenvalue weighted by Gasteiger charge is -2.16. The fourth-order valence-electron chi connectivity index (χ4n) is 2.49. The Morgan fingerprint density at radius 3 is 3.12 bits per heavy atom. The number of nitrogens with zero attached hydrogens (tertiary/aromatic N) is 3. The number of likely N-dealkylation sites (tertiary alicyclic amines) is 1. The first-order valence-electron chi connectivity index (χ1n) is 6.69. The van der Waals surface area contributed by atoms with E-state index in [0.717, 1.165) is 19.0 Å². The van der Waals surface area contributed by atoms with E-state index in [4.69, 9.17) is 0 Å². The lowest BCUT2D eigenvalue weighted by atomic mass is 10.1. The van der Waals surface area contributed by atoms with Gasteiger partial charge in [-0.1, -0.05) is 6.92 Å². The van der Waals surface area contributed by atoms with Crippen LogP contribution in [0.1, 0.15) is 25.5 Å².